The molecule has 0 spiro atoms. The highest BCUT2D eigenvalue weighted by atomic mass is 16.5. The number of para-hydroxylation sites is 3. The molecule has 0 saturated heterocycles. The first-order valence-electron chi connectivity index (χ1n) is 16.7. The van der Waals surface area contributed by atoms with Gasteiger partial charge in [0, 0.05) is 22.1 Å². The fourth-order valence-corrected chi connectivity index (χ4v) is 7.39. The van der Waals surface area contributed by atoms with E-state index >= 15 is 0 Å². The molecule has 0 N–H and O–H groups in total. The lowest BCUT2D eigenvalue weighted by Gasteiger charge is -2.33. The second-order valence-corrected chi connectivity index (χ2v) is 12.6. The van der Waals surface area contributed by atoms with Gasteiger partial charge in [0.2, 0.25) is 0 Å². The zero-order chi connectivity index (χ0) is 32.3. The smallest absolute Gasteiger partial charge is 0.152 e. The fraction of sp³-hybridized carbons (Fsp3) is 0. The Kier molecular flexibility index (Phi) is 6.18. The molecule has 49 heavy (non-hydrogen) atoms. The van der Waals surface area contributed by atoms with Crippen molar-refractivity contribution in [3.8, 4) is 39.4 Å². The van der Waals surface area contributed by atoms with Crippen LogP contribution in [0.4, 0.5) is 17.1 Å². The summed E-state index contributed by atoms with van der Waals surface area (Å²) in [5, 5.41) is 4.89. The van der Waals surface area contributed by atoms with E-state index in [0.717, 1.165) is 45.4 Å². The summed E-state index contributed by atoms with van der Waals surface area (Å²) in [5.41, 5.74) is 11.4. The first-order chi connectivity index (χ1) is 24.3. The van der Waals surface area contributed by atoms with Crippen molar-refractivity contribution in [1.82, 2.24) is 4.57 Å². The number of hydrogen-bond donors (Lipinski definition) is 0. The lowest BCUT2D eigenvalue weighted by molar-refractivity contribution is 0.477. The second kappa shape index (κ2) is 11.0. The molecule has 0 radical (unpaired) electrons. The van der Waals surface area contributed by atoms with Crippen LogP contribution >= 0.6 is 0 Å². The topological polar surface area (TPSA) is 17.4 Å². The van der Waals surface area contributed by atoms with Crippen LogP contribution in [0.15, 0.2) is 182 Å². The molecule has 230 valence electrons. The SMILES string of the molecule is c1ccc(-c2ccc(-n3c4ccccc4c4cc(-c5ccc6c(c5)Oc5ccccc5N6c5ccc6ccccc6c5)ccc43)cc2)cc1. The van der Waals surface area contributed by atoms with Gasteiger partial charge in [0.25, 0.3) is 0 Å². The molecule has 0 aliphatic carbocycles. The van der Waals surface area contributed by atoms with Gasteiger partial charge in [-0.2, -0.15) is 0 Å². The van der Waals surface area contributed by atoms with Crippen molar-refractivity contribution < 1.29 is 4.74 Å². The lowest BCUT2D eigenvalue weighted by Crippen LogP contribution is -2.15. The van der Waals surface area contributed by atoms with Crippen molar-refractivity contribution in [3.63, 3.8) is 0 Å². The van der Waals surface area contributed by atoms with Crippen molar-refractivity contribution in [2.45, 2.75) is 0 Å². The number of aromatic nitrogens is 1. The minimum absolute atomic E-state index is 0.838. The van der Waals surface area contributed by atoms with Gasteiger partial charge in [-0.15, -0.1) is 0 Å². The summed E-state index contributed by atoms with van der Waals surface area (Å²) in [6.45, 7) is 0. The predicted octanol–water partition coefficient (Wildman–Crippen LogP) is 12.8. The Morgan fingerprint density at radius 3 is 1.88 bits per heavy atom. The molecular weight excluding hydrogens is 597 g/mol. The molecule has 1 aliphatic heterocycles. The number of anilines is 3. The number of hydrogen-bond acceptors (Lipinski definition) is 2. The van der Waals surface area contributed by atoms with Crippen LogP contribution in [0.1, 0.15) is 0 Å². The number of nitrogens with zero attached hydrogens (tertiary/aromatic N) is 2. The molecule has 1 aliphatic rings. The Morgan fingerprint density at radius 2 is 0.980 bits per heavy atom. The zero-order valence-electron chi connectivity index (χ0n) is 26.6. The Bertz CT molecular complexity index is 2690. The third-order valence-electron chi connectivity index (χ3n) is 9.76. The fourth-order valence-electron chi connectivity index (χ4n) is 7.39. The van der Waals surface area contributed by atoms with Crippen LogP contribution in [-0.4, -0.2) is 4.57 Å². The monoisotopic (exact) mass is 626 g/mol. The molecule has 0 bridgehead atoms. The van der Waals surface area contributed by atoms with Crippen LogP contribution in [0.3, 0.4) is 0 Å². The minimum atomic E-state index is 0.838. The van der Waals surface area contributed by atoms with Gasteiger partial charge < -0.3 is 14.2 Å². The predicted molar refractivity (Wildman–Crippen MR) is 204 cm³/mol. The Morgan fingerprint density at radius 1 is 0.347 bits per heavy atom. The lowest BCUT2D eigenvalue weighted by atomic mass is 10.0. The van der Waals surface area contributed by atoms with Gasteiger partial charge in [0.15, 0.2) is 11.5 Å². The van der Waals surface area contributed by atoms with E-state index in [1.54, 1.807) is 0 Å². The molecule has 0 saturated carbocycles. The molecular formula is C46H30N2O. The molecule has 10 rings (SSSR count). The normalized spacial score (nSPS) is 12.2. The summed E-state index contributed by atoms with van der Waals surface area (Å²) in [5.74, 6) is 1.68. The zero-order valence-corrected chi connectivity index (χ0v) is 26.6. The van der Waals surface area contributed by atoms with Crippen molar-refractivity contribution in [2.75, 3.05) is 4.90 Å². The highest BCUT2D eigenvalue weighted by Crippen LogP contribution is 2.51. The molecule has 3 nitrogen and oxygen atoms in total. The van der Waals surface area contributed by atoms with Gasteiger partial charge in [-0.05, 0) is 99.8 Å². The minimum Gasteiger partial charge on any atom is -0.453 e. The standard InChI is InChI=1S/C46H30N2O/c1-2-10-31(11-3-1)33-18-23-37(24-19-33)47-41-15-7-6-14-39(41)40-29-35(21-26-42(40)47)36-22-27-44-46(30-36)49-45-17-9-8-16-43(45)48(44)38-25-20-32-12-4-5-13-34(32)28-38/h1-30H. The van der Waals surface area contributed by atoms with Gasteiger partial charge in [-0.25, -0.2) is 0 Å². The highest BCUT2D eigenvalue weighted by molar-refractivity contribution is 6.10. The Balaban J connectivity index is 1.08. The average molecular weight is 627 g/mol. The van der Waals surface area contributed by atoms with E-state index in [1.807, 2.05) is 12.1 Å². The maximum absolute atomic E-state index is 6.59. The van der Waals surface area contributed by atoms with E-state index in [-0.39, 0.29) is 0 Å². The van der Waals surface area contributed by atoms with Gasteiger partial charge in [0.1, 0.15) is 0 Å². The molecule has 0 unspecified atom stereocenters. The van der Waals surface area contributed by atoms with Crippen molar-refractivity contribution in [1.29, 1.82) is 0 Å². The van der Waals surface area contributed by atoms with Crippen LogP contribution in [0.5, 0.6) is 11.5 Å². The van der Waals surface area contributed by atoms with Crippen LogP contribution in [0.25, 0.3) is 60.5 Å². The van der Waals surface area contributed by atoms with Crippen molar-refractivity contribution in [3.05, 3.63) is 182 Å². The Labute approximate surface area is 284 Å². The number of fused-ring (bicyclic) bond motifs is 6. The maximum atomic E-state index is 6.59. The highest BCUT2D eigenvalue weighted by Gasteiger charge is 2.26. The summed E-state index contributed by atoms with van der Waals surface area (Å²) in [6.07, 6.45) is 0. The van der Waals surface area contributed by atoms with Gasteiger partial charge in [-0.1, -0.05) is 115 Å². The van der Waals surface area contributed by atoms with E-state index in [9.17, 15) is 0 Å². The molecule has 0 amide bonds. The van der Waals surface area contributed by atoms with E-state index in [0.29, 0.717) is 0 Å². The van der Waals surface area contributed by atoms with Crippen molar-refractivity contribution in [2.24, 2.45) is 0 Å². The maximum Gasteiger partial charge on any atom is 0.152 e. The van der Waals surface area contributed by atoms with Crippen LogP contribution in [-0.2, 0) is 0 Å². The summed E-state index contributed by atoms with van der Waals surface area (Å²) in [6, 6.07) is 64.9. The summed E-state index contributed by atoms with van der Waals surface area (Å²) in [4.78, 5) is 2.31. The third kappa shape index (κ3) is 4.51. The van der Waals surface area contributed by atoms with Crippen molar-refractivity contribution >= 4 is 49.6 Å². The number of rotatable bonds is 4. The molecule has 0 fully saturated rings. The molecule has 9 aromatic rings. The Hall–Kier alpha value is -6.58. The first kappa shape index (κ1) is 27.5. The van der Waals surface area contributed by atoms with Gasteiger partial charge >= 0.3 is 0 Å². The first-order valence-corrected chi connectivity index (χ1v) is 16.7. The molecule has 3 heteroatoms. The molecule has 0 atom stereocenters. The van der Waals surface area contributed by atoms with Gasteiger partial charge in [0.05, 0.1) is 22.4 Å². The van der Waals surface area contributed by atoms with E-state index in [2.05, 4.69) is 179 Å². The molecule has 8 aromatic carbocycles. The summed E-state index contributed by atoms with van der Waals surface area (Å²) >= 11 is 0. The second-order valence-electron chi connectivity index (χ2n) is 12.6. The largest absolute Gasteiger partial charge is 0.453 e. The van der Waals surface area contributed by atoms with E-state index < -0.39 is 0 Å². The summed E-state index contributed by atoms with van der Waals surface area (Å²) < 4.78 is 8.97. The molecule has 1 aromatic heterocycles. The number of benzene rings is 8. The van der Waals surface area contributed by atoms with Crippen LogP contribution in [0, 0.1) is 0 Å². The quantitative estimate of drug-likeness (QED) is 0.193. The average Bonchev–Trinajstić information content (AvgIpc) is 3.50. The summed E-state index contributed by atoms with van der Waals surface area (Å²) in [7, 11) is 0. The van der Waals surface area contributed by atoms with E-state index in [1.165, 1.54) is 43.7 Å². The molecule has 2 heterocycles. The number of ether oxygens (including phenoxy) is 1. The van der Waals surface area contributed by atoms with Crippen LogP contribution < -0.4 is 9.64 Å². The third-order valence-corrected chi connectivity index (χ3v) is 9.76. The van der Waals surface area contributed by atoms with Gasteiger partial charge in [-0.3, -0.25) is 0 Å². The van der Waals surface area contributed by atoms with E-state index in [4.69, 9.17) is 4.74 Å². The van der Waals surface area contributed by atoms with Crippen LogP contribution in [0.2, 0.25) is 0 Å².